The van der Waals surface area contributed by atoms with E-state index in [1.807, 2.05) is 37.3 Å². The molecule has 2 atom stereocenters. The van der Waals surface area contributed by atoms with Gasteiger partial charge in [-0.25, -0.2) is 0 Å². The molecule has 0 saturated carbocycles. The molecule has 3 rings (SSSR count). The Kier molecular flexibility index (Phi) is 7.25. The lowest BCUT2D eigenvalue weighted by atomic mass is 9.91. The van der Waals surface area contributed by atoms with E-state index < -0.39 is 0 Å². The molecular formula is C21H26ClN3O. The Bertz CT molecular complexity index is 829. The topological polar surface area (TPSA) is 70.9 Å². The van der Waals surface area contributed by atoms with Crippen LogP contribution in [0.15, 0.2) is 60.8 Å². The summed E-state index contributed by atoms with van der Waals surface area (Å²) >= 11 is 0. The first-order chi connectivity index (χ1) is 12.1. The molecule has 1 aromatic heterocycles. The number of H-pyrrole nitrogens is 1. The summed E-state index contributed by atoms with van der Waals surface area (Å²) in [6.07, 6.45) is 3.22. The molecule has 4 nitrogen and oxygen atoms in total. The van der Waals surface area contributed by atoms with Crippen molar-refractivity contribution in [2.45, 2.75) is 31.7 Å². The number of hydrogen-bond donors (Lipinski definition) is 3. The second-order valence-electron chi connectivity index (χ2n) is 6.57. The maximum absolute atomic E-state index is 12.1. The highest BCUT2D eigenvalue weighted by Gasteiger charge is 2.18. The molecule has 0 bridgehead atoms. The summed E-state index contributed by atoms with van der Waals surface area (Å²) in [5.41, 5.74) is 9.25. The van der Waals surface area contributed by atoms with Crippen LogP contribution in [0.4, 0.5) is 0 Å². The van der Waals surface area contributed by atoms with Gasteiger partial charge < -0.3 is 16.0 Å². The van der Waals surface area contributed by atoms with Crippen molar-refractivity contribution in [2.75, 3.05) is 6.54 Å². The fraction of sp³-hybridized carbons (Fsp3) is 0.286. The monoisotopic (exact) mass is 371 g/mol. The average Bonchev–Trinajstić information content (AvgIpc) is 3.05. The number of carbonyl (C=O) groups excluding carboxylic acids is 1. The third-order valence-electron chi connectivity index (χ3n) is 4.53. The van der Waals surface area contributed by atoms with E-state index in [2.05, 4.69) is 40.8 Å². The van der Waals surface area contributed by atoms with Crippen molar-refractivity contribution < 1.29 is 4.79 Å². The SMILES string of the molecule is CC(N)CCC(=O)NCC(c1ccccc1)c1c[nH]c2ccccc12.Cl. The Labute approximate surface area is 160 Å². The largest absolute Gasteiger partial charge is 0.361 e. The summed E-state index contributed by atoms with van der Waals surface area (Å²) < 4.78 is 0. The van der Waals surface area contributed by atoms with E-state index in [1.54, 1.807) is 0 Å². The van der Waals surface area contributed by atoms with Gasteiger partial charge in [0, 0.05) is 42.0 Å². The van der Waals surface area contributed by atoms with Gasteiger partial charge in [-0.05, 0) is 30.5 Å². The van der Waals surface area contributed by atoms with Crippen LogP contribution in [0.1, 0.15) is 36.8 Å². The van der Waals surface area contributed by atoms with Crippen LogP contribution in [0.25, 0.3) is 10.9 Å². The Morgan fingerprint density at radius 1 is 1.12 bits per heavy atom. The zero-order valence-electron chi connectivity index (χ0n) is 14.9. The molecule has 1 amide bonds. The second-order valence-corrected chi connectivity index (χ2v) is 6.57. The lowest BCUT2D eigenvalue weighted by molar-refractivity contribution is -0.121. The van der Waals surface area contributed by atoms with Crippen molar-refractivity contribution >= 4 is 29.2 Å². The number of hydrogen-bond acceptors (Lipinski definition) is 2. The zero-order valence-corrected chi connectivity index (χ0v) is 15.8. The Balaban J connectivity index is 0.00000243. The van der Waals surface area contributed by atoms with E-state index in [4.69, 9.17) is 5.73 Å². The first-order valence-electron chi connectivity index (χ1n) is 8.78. The molecule has 0 fully saturated rings. The quantitative estimate of drug-likeness (QED) is 0.588. The fourth-order valence-corrected chi connectivity index (χ4v) is 3.14. The van der Waals surface area contributed by atoms with Gasteiger partial charge in [0.25, 0.3) is 0 Å². The molecule has 4 N–H and O–H groups in total. The minimum atomic E-state index is 0. The van der Waals surface area contributed by atoms with Crippen molar-refractivity contribution in [3.63, 3.8) is 0 Å². The average molecular weight is 372 g/mol. The highest BCUT2D eigenvalue weighted by molar-refractivity contribution is 5.85. The van der Waals surface area contributed by atoms with E-state index in [0.717, 1.165) is 5.52 Å². The molecule has 0 saturated heterocycles. The van der Waals surface area contributed by atoms with Crippen LogP contribution in [0.2, 0.25) is 0 Å². The first kappa shape index (κ1) is 20.0. The summed E-state index contributed by atoms with van der Waals surface area (Å²) in [4.78, 5) is 15.5. The smallest absolute Gasteiger partial charge is 0.220 e. The van der Waals surface area contributed by atoms with Crippen LogP contribution >= 0.6 is 12.4 Å². The third kappa shape index (κ3) is 4.87. The third-order valence-corrected chi connectivity index (χ3v) is 4.53. The van der Waals surface area contributed by atoms with Gasteiger partial charge in [-0.15, -0.1) is 12.4 Å². The predicted molar refractivity (Wildman–Crippen MR) is 110 cm³/mol. The number of benzene rings is 2. The van der Waals surface area contributed by atoms with E-state index >= 15 is 0 Å². The molecule has 1 heterocycles. The minimum Gasteiger partial charge on any atom is -0.361 e. The summed E-state index contributed by atoms with van der Waals surface area (Å²) in [5.74, 6) is 0.162. The van der Waals surface area contributed by atoms with Gasteiger partial charge in [-0.3, -0.25) is 4.79 Å². The van der Waals surface area contributed by atoms with Crippen molar-refractivity contribution in [3.05, 3.63) is 71.9 Å². The second kappa shape index (κ2) is 9.41. The normalized spacial score (nSPS) is 13.0. The summed E-state index contributed by atoms with van der Waals surface area (Å²) in [5, 5.41) is 4.28. The van der Waals surface area contributed by atoms with E-state index in [0.29, 0.717) is 19.4 Å². The number of amides is 1. The molecule has 2 unspecified atom stereocenters. The van der Waals surface area contributed by atoms with E-state index in [-0.39, 0.29) is 30.3 Å². The summed E-state index contributed by atoms with van der Waals surface area (Å²) in [6, 6.07) is 18.6. The van der Waals surface area contributed by atoms with Crippen LogP contribution in [-0.4, -0.2) is 23.5 Å². The Morgan fingerprint density at radius 3 is 2.54 bits per heavy atom. The van der Waals surface area contributed by atoms with Crippen molar-refractivity contribution in [1.82, 2.24) is 10.3 Å². The molecule has 26 heavy (non-hydrogen) atoms. The number of aromatic nitrogens is 1. The van der Waals surface area contributed by atoms with Gasteiger partial charge in [0.15, 0.2) is 0 Å². The molecule has 3 aromatic rings. The summed E-state index contributed by atoms with van der Waals surface area (Å²) in [7, 11) is 0. The zero-order chi connectivity index (χ0) is 17.6. The van der Waals surface area contributed by atoms with E-state index in [9.17, 15) is 4.79 Å². The van der Waals surface area contributed by atoms with Crippen LogP contribution in [0.3, 0.4) is 0 Å². The molecular weight excluding hydrogens is 346 g/mol. The molecule has 5 heteroatoms. The Hall–Kier alpha value is -2.30. The predicted octanol–water partition coefficient (Wildman–Crippen LogP) is 3.97. The van der Waals surface area contributed by atoms with Gasteiger partial charge in [-0.1, -0.05) is 48.5 Å². The molecule has 0 aliphatic carbocycles. The number of nitrogens with two attached hydrogens (primary N) is 1. The minimum absolute atomic E-state index is 0. The number of aromatic amines is 1. The number of rotatable bonds is 7. The Morgan fingerprint density at radius 2 is 1.81 bits per heavy atom. The molecule has 2 aromatic carbocycles. The lowest BCUT2D eigenvalue weighted by Gasteiger charge is -2.18. The first-order valence-corrected chi connectivity index (χ1v) is 8.78. The number of halogens is 1. The van der Waals surface area contributed by atoms with Crippen LogP contribution in [0.5, 0.6) is 0 Å². The fourth-order valence-electron chi connectivity index (χ4n) is 3.14. The van der Waals surface area contributed by atoms with Gasteiger partial charge in [0.05, 0.1) is 0 Å². The maximum Gasteiger partial charge on any atom is 0.220 e. The van der Waals surface area contributed by atoms with Crippen LogP contribution < -0.4 is 11.1 Å². The standard InChI is InChI=1S/C21H25N3O.ClH/c1-15(22)11-12-21(25)24-13-18(16-7-3-2-4-8-16)19-14-23-20-10-6-5-9-17(19)20;/h2-10,14-15,18,23H,11-13,22H2,1H3,(H,24,25);1H. The van der Waals surface area contributed by atoms with Crippen molar-refractivity contribution in [2.24, 2.45) is 5.73 Å². The molecule has 0 radical (unpaired) electrons. The highest BCUT2D eigenvalue weighted by atomic mass is 35.5. The number of para-hydroxylation sites is 1. The number of nitrogens with one attached hydrogen (secondary N) is 2. The molecule has 0 spiro atoms. The molecule has 0 aliphatic rings. The van der Waals surface area contributed by atoms with Gasteiger partial charge in [0.2, 0.25) is 5.91 Å². The maximum atomic E-state index is 12.1. The number of fused-ring (bicyclic) bond motifs is 1. The summed E-state index contributed by atoms with van der Waals surface area (Å²) in [6.45, 7) is 2.50. The van der Waals surface area contributed by atoms with E-state index in [1.165, 1.54) is 16.5 Å². The molecule has 0 aliphatic heterocycles. The van der Waals surface area contributed by atoms with Crippen molar-refractivity contribution in [3.8, 4) is 0 Å². The van der Waals surface area contributed by atoms with Gasteiger partial charge in [-0.2, -0.15) is 0 Å². The number of carbonyl (C=O) groups is 1. The van der Waals surface area contributed by atoms with Gasteiger partial charge in [0.1, 0.15) is 0 Å². The van der Waals surface area contributed by atoms with Crippen LogP contribution in [0, 0.1) is 0 Å². The lowest BCUT2D eigenvalue weighted by Crippen LogP contribution is -2.30. The highest BCUT2D eigenvalue weighted by Crippen LogP contribution is 2.30. The van der Waals surface area contributed by atoms with Crippen LogP contribution in [-0.2, 0) is 4.79 Å². The van der Waals surface area contributed by atoms with Gasteiger partial charge >= 0.3 is 0 Å². The molecule has 138 valence electrons. The van der Waals surface area contributed by atoms with Crippen molar-refractivity contribution in [1.29, 1.82) is 0 Å².